The lowest BCUT2D eigenvalue weighted by Crippen LogP contribution is -2.16. The fourth-order valence-electron chi connectivity index (χ4n) is 1.55. The molecule has 0 saturated heterocycles. The minimum Gasteiger partial charge on any atom is -0.326 e. The quantitative estimate of drug-likeness (QED) is 0.770. The molecule has 0 bridgehead atoms. The summed E-state index contributed by atoms with van der Waals surface area (Å²) in [7, 11) is 0. The first-order chi connectivity index (χ1) is 8.90. The molecule has 0 aromatic heterocycles. The largest absolute Gasteiger partial charge is 0.389 e. The van der Waals surface area contributed by atoms with Crippen LogP contribution in [0.25, 0.3) is 0 Å². The maximum absolute atomic E-state index is 12.0. The third kappa shape index (κ3) is 7.20. The molecule has 1 aromatic rings. The Bertz CT molecular complexity index is 421. The van der Waals surface area contributed by atoms with E-state index < -0.39 is 24.9 Å². The second kappa shape index (κ2) is 7.53. The Labute approximate surface area is 118 Å². The number of amides is 1. The van der Waals surface area contributed by atoms with Crippen molar-refractivity contribution in [2.75, 3.05) is 10.6 Å². The lowest BCUT2D eigenvalue weighted by Gasteiger charge is -2.08. The van der Waals surface area contributed by atoms with Crippen LogP contribution in [-0.2, 0) is 11.2 Å². The molecule has 1 N–H and O–H groups in total. The van der Waals surface area contributed by atoms with Crippen molar-refractivity contribution < 1.29 is 18.0 Å². The van der Waals surface area contributed by atoms with E-state index in [0.717, 1.165) is 23.7 Å². The summed E-state index contributed by atoms with van der Waals surface area (Å²) < 4.78 is 35.9. The average molecular weight is 338 g/mol. The highest BCUT2D eigenvalue weighted by Gasteiger charge is 2.27. The first kappa shape index (κ1) is 16.0. The van der Waals surface area contributed by atoms with Crippen LogP contribution in [0.15, 0.2) is 24.3 Å². The molecule has 0 aliphatic rings. The topological polar surface area (TPSA) is 29.1 Å². The number of carbonyl (C=O) groups excluding carboxylic acids is 1. The molecule has 0 radical (unpaired) electrons. The number of aryl methyl sites for hydroxylation is 1. The Kier molecular flexibility index (Phi) is 6.34. The van der Waals surface area contributed by atoms with Gasteiger partial charge >= 0.3 is 6.18 Å². The molecule has 0 aliphatic heterocycles. The number of carbonyl (C=O) groups is 1. The fourth-order valence-corrected chi connectivity index (χ4v) is 1.83. The normalized spacial score (nSPS) is 11.4. The molecule has 19 heavy (non-hydrogen) atoms. The van der Waals surface area contributed by atoms with Gasteiger partial charge in [-0.1, -0.05) is 28.1 Å². The smallest absolute Gasteiger partial charge is 0.326 e. The number of nitrogens with one attached hydrogen (secondary N) is 1. The summed E-state index contributed by atoms with van der Waals surface area (Å²) in [6, 6.07) is 7.16. The van der Waals surface area contributed by atoms with Crippen molar-refractivity contribution >= 4 is 27.5 Å². The van der Waals surface area contributed by atoms with Crippen LogP contribution < -0.4 is 5.32 Å². The van der Waals surface area contributed by atoms with Crippen LogP contribution in [0.4, 0.5) is 18.9 Å². The Morgan fingerprint density at radius 1 is 1.32 bits per heavy atom. The number of halogens is 4. The summed E-state index contributed by atoms with van der Waals surface area (Å²) in [6.45, 7) is 0. The SMILES string of the molecule is O=C(CCC(F)(F)F)Nc1cccc(CCCBr)c1. The van der Waals surface area contributed by atoms with Crippen molar-refractivity contribution in [3.63, 3.8) is 0 Å². The number of hydrogen-bond donors (Lipinski definition) is 1. The third-order valence-electron chi connectivity index (χ3n) is 2.45. The van der Waals surface area contributed by atoms with Gasteiger partial charge in [-0.3, -0.25) is 4.79 Å². The van der Waals surface area contributed by atoms with Gasteiger partial charge in [-0.05, 0) is 30.5 Å². The van der Waals surface area contributed by atoms with Crippen LogP contribution >= 0.6 is 15.9 Å². The van der Waals surface area contributed by atoms with Gasteiger partial charge in [0.05, 0.1) is 6.42 Å². The molecule has 0 heterocycles. The number of benzene rings is 1. The standard InChI is InChI=1S/C13H15BrF3NO/c14-8-2-4-10-3-1-5-11(9-10)18-12(19)6-7-13(15,16)17/h1,3,5,9H,2,4,6-8H2,(H,18,19). The fraction of sp³-hybridized carbons (Fsp3) is 0.462. The van der Waals surface area contributed by atoms with E-state index >= 15 is 0 Å². The molecule has 106 valence electrons. The predicted octanol–water partition coefficient (Wildman–Crippen LogP) is 4.30. The highest BCUT2D eigenvalue weighted by atomic mass is 79.9. The van der Waals surface area contributed by atoms with E-state index in [2.05, 4.69) is 21.2 Å². The van der Waals surface area contributed by atoms with Crippen molar-refractivity contribution in [3.8, 4) is 0 Å². The van der Waals surface area contributed by atoms with Crippen LogP contribution in [0.5, 0.6) is 0 Å². The van der Waals surface area contributed by atoms with E-state index in [4.69, 9.17) is 0 Å². The molecule has 2 nitrogen and oxygen atoms in total. The molecule has 1 amide bonds. The van der Waals surface area contributed by atoms with Crippen molar-refractivity contribution in [1.82, 2.24) is 0 Å². The minimum absolute atomic E-state index is 0.541. The highest BCUT2D eigenvalue weighted by molar-refractivity contribution is 9.09. The van der Waals surface area contributed by atoms with Gasteiger partial charge < -0.3 is 5.32 Å². The van der Waals surface area contributed by atoms with Crippen LogP contribution in [0.2, 0.25) is 0 Å². The third-order valence-corrected chi connectivity index (χ3v) is 3.01. The Hall–Kier alpha value is -1.04. The maximum Gasteiger partial charge on any atom is 0.389 e. The molecule has 0 fully saturated rings. The zero-order chi connectivity index (χ0) is 14.3. The van der Waals surface area contributed by atoms with Gasteiger partial charge in [-0.15, -0.1) is 0 Å². The number of anilines is 1. The summed E-state index contributed by atoms with van der Waals surface area (Å²) in [5, 5.41) is 3.36. The van der Waals surface area contributed by atoms with Crippen molar-refractivity contribution in [1.29, 1.82) is 0 Å². The monoisotopic (exact) mass is 337 g/mol. The molecule has 6 heteroatoms. The van der Waals surface area contributed by atoms with Gasteiger partial charge in [0.25, 0.3) is 0 Å². The summed E-state index contributed by atoms with van der Waals surface area (Å²) in [6.07, 6.45) is -4.12. The zero-order valence-electron chi connectivity index (χ0n) is 10.3. The molecule has 1 aromatic carbocycles. The molecule has 1 rings (SSSR count). The molecule has 0 unspecified atom stereocenters. The average Bonchev–Trinajstić information content (AvgIpc) is 2.33. The maximum atomic E-state index is 12.0. The van der Waals surface area contributed by atoms with E-state index in [-0.39, 0.29) is 0 Å². The lowest BCUT2D eigenvalue weighted by molar-refractivity contribution is -0.142. The lowest BCUT2D eigenvalue weighted by atomic mass is 10.1. The first-order valence-electron chi connectivity index (χ1n) is 5.92. The van der Waals surface area contributed by atoms with Crippen molar-refractivity contribution in [3.05, 3.63) is 29.8 Å². The van der Waals surface area contributed by atoms with Crippen molar-refractivity contribution in [2.24, 2.45) is 0 Å². The number of alkyl halides is 4. The summed E-state index contributed by atoms with van der Waals surface area (Å²) in [5.41, 5.74) is 1.59. The van der Waals surface area contributed by atoms with Crippen LogP contribution in [-0.4, -0.2) is 17.4 Å². The molecule has 0 atom stereocenters. The minimum atomic E-state index is -4.30. The van der Waals surface area contributed by atoms with Gasteiger partial charge in [0.1, 0.15) is 0 Å². The van der Waals surface area contributed by atoms with Gasteiger partial charge in [0.2, 0.25) is 5.91 Å². The van der Waals surface area contributed by atoms with Gasteiger partial charge in [0, 0.05) is 17.4 Å². The summed E-state index contributed by atoms with van der Waals surface area (Å²) >= 11 is 3.33. The second-order valence-corrected chi connectivity index (χ2v) is 4.95. The summed E-state index contributed by atoms with van der Waals surface area (Å²) in [5.74, 6) is -0.616. The number of hydrogen-bond acceptors (Lipinski definition) is 1. The van der Waals surface area contributed by atoms with Crippen LogP contribution in [0.3, 0.4) is 0 Å². The van der Waals surface area contributed by atoms with Gasteiger partial charge in [0.15, 0.2) is 0 Å². The molecule has 0 aliphatic carbocycles. The van der Waals surface area contributed by atoms with E-state index in [1.54, 1.807) is 18.2 Å². The second-order valence-electron chi connectivity index (χ2n) is 4.16. The Morgan fingerprint density at radius 3 is 2.68 bits per heavy atom. The Balaban J connectivity index is 2.49. The van der Waals surface area contributed by atoms with Crippen molar-refractivity contribution in [2.45, 2.75) is 31.9 Å². The zero-order valence-corrected chi connectivity index (χ0v) is 11.9. The van der Waals surface area contributed by atoms with E-state index in [9.17, 15) is 18.0 Å². The number of rotatable bonds is 6. The van der Waals surface area contributed by atoms with Crippen LogP contribution in [0, 0.1) is 0 Å². The van der Waals surface area contributed by atoms with E-state index in [1.807, 2.05) is 6.07 Å². The highest BCUT2D eigenvalue weighted by Crippen LogP contribution is 2.21. The molecule has 0 spiro atoms. The van der Waals surface area contributed by atoms with E-state index in [0.29, 0.717) is 5.69 Å². The van der Waals surface area contributed by atoms with Gasteiger partial charge in [-0.2, -0.15) is 13.2 Å². The predicted molar refractivity (Wildman–Crippen MR) is 72.5 cm³/mol. The molecule has 0 saturated carbocycles. The Morgan fingerprint density at radius 2 is 2.05 bits per heavy atom. The van der Waals surface area contributed by atoms with E-state index in [1.165, 1.54) is 0 Å². The molecular formula is C13H15BrF3NO. The molecular weight excluding hydrogens is 323 g/mol. The summed E-state index contributed by atoms with van der Waals surface area (Å²) in [4.78, 5) is 11.4. The van der Waals surface area contributed by atoms with Crippen LogP contribution in [0.1, 0.15) is 24.8 Å². The first-order valence-corrected chi connectivity index (χ1v) is 7.04. The van der Waals surface area contributed by atoms with Gasteiger partial charge in [-0.25, -0.2) is 0 Å².